The van der Waals surface area contributed by atoms with Crippen LogP contribution < -0.4 is 4.74 Å². The Bertz CT molecular complexity index is 554. The number of aliphatic carboxylic acids is 2. The molecule has 8 heteroatoms. The van der Waals surface area contributed by atoms with Gasteiger partial charge in [0.2, 0.25) is 0 Å². The Morgan fingerprint density at radius 3 is 2.12 bits per heavy atom. The molecule has 0 aliphatic heterocycles. The van der Waals surface area contributed by atoms with Crippen LogP contribution in [-0.2, 0) is 19.1 Å². The van der Waals surface area contributed by atoms with E-state index in [1.165, 1.54) is 0 Å². The summed E-state index contributed by atoms with van der Waals surface area (Å²) >= 11 is 6.13. The third kappa shape index (κ3) is 7.72. The molecular weight excluding hydrogens is 352 g/mol. The fourth-order valence-corrected chi connectivity index (χ4v) is 2.59. The van der Waals surface area contributed by atoms with E-state index in [1.54, 1.807) is 18.2 Å². The van der Waals surface area contributed by atoms with Gasteiger partial charge < -0.3 is 24.4 Å². The normalized spacial score (nSPS) is 11.1. The maximum atomic E-state index is 11.0. The van der Waals surface area contributed by atoms with Gasteiger partial charge in [0.1, 0.15) is 12.4 Å². The first kappa shape index (κ1) is 21.2. The van der Waals surface area contributed by atoms with Crippen molar-refractivity contribution in [1.82, 2.24) is 0 Å². The number of carboxylic acid groups (broad SMARTS) is 2. The molecule has 0 radical (unpaired) electrons. The number of carboxylic acids is 2. The first-order valence-electron chi connectivity index (χ1n) is 7.96. The minimum absolute atomic E-state index is 0.144. The van der Waals surface area contributed by atoms with Crippen molar-refractivity contribution >= 4 is 23.5 Å². The van der Waals surface area contributed by atoms with Crippen LogP contribution >= 0.6 is 11.6 Å². The number of carbonyl (C=O) groups is 2. The quantitative estimate of drug-likeness (QED) is 0.542. The lowest BCUT2D eigenvalue weighted by molar-refractivity contribution is -0.152. The Morgan fingerprint density at radius 1 is 1.08 bits per heavy atom. The molecule has 25 heavy (non-hydrogen) atoms. The highest BCUT2D eigenvalue weighted by molar-refractivity contribution is 6.31. The average molecular weight is 375 g/mol. The van der Waals surface area contributed by atoms with Gasteiger partial charge in [-0.15, -0.1) is 0 Å². The van der Waals surface area contributed by atoms with Crippen molar-refractivity contribution in [3.05, 3.63) is 28.8 Å². The summed E-state index contributed by atoms with van der Waals surface area (Å²) in [5.74, 6) is -2.51. The maximum absolute atomic E-state index is 11.0. The highest BCUT2D eigenvalue weighted by Gasteiger charge is 2.22. The number of hydrogen-bond donors (Lipinski definition) is 2. The average Bonchev–Trinajstić information content (AvgIpc) is 2.52. The lowest BCUT2D eigenvalue weighted by atomic mass is 9.92. The molecule has 1 aromatic rings. The minimum atomic E-state index is -1.10. The monoisotopic (exact) mass is 374 g/mol. The van der Waals surface area contributed by atoms with Crippen LogP contribution in [0.15, 0.2) is 18.2 Å². The van der Waals surface area contributed by atoms with Crippen molar-refractivity contribution in [3.63, 3.8) is 0 Å². The van der Waals surface area contributed by atoms with Gasteiger partial charge in [0, 0.05) is 24.2 Å². The van der Waals surface area contributed by atoms with E-state index in [4.69, 9.17) is 36.0 Å². The van der Waals surface area contributed by atoms with Crippen LogP contribution in [0.2, 0.25) is 5.02 Å². The number of rotatable bonds is 12. The van der Waals surface area contributed by atoms with Gasteiger partial charge in [-0.1, -0.05) is 11.6 Å². The standard InChI is InChI=1S/C17H23ClO7/c1-3-23-17(24-4-2)10-25-12-5-6-14(18)13(9-12)11(7-15(19)20)8-16(21)22/h5-6,9,11,17H,3-4,7-8,10H2,1-2H3,(H,19,20)(H,21,22). The Labute approximate surface area is 151 Å². The number of ether oxygens (including phenoxy) is 3. The van der Waals surface area contributed by atoms with E-state index in [1.807, 2.05) is 13.8 Å². The van der Waals surface area contributed by atoms with Gasteiger partial charge in [-0.2, -0.15) is 0 Å². The van der Waals surface area contributed by atoms with Crippen molar-refractivity contribution in [2.75, 3.05) is 19.8 Å². The number of hydrogen-bond acceptors (Lipinski definition) is 5. The second kappa shape index (κ2) is 10.9. The van der Waals surface area contributed by atoms with Crippen LogP contribution in [0, 0.1) is 0 Å². The molecule has 0 aliphatic carbocycles. The van der Waals surface area contributed by atoms with Crippen LogP contribution in [-0.4, -0.2) is 48.3 Å². The summed E-state index contributed by atoms with van der Waals surface area (Å²) in [4.78, 5) is 22.0. The zero-order valence-electron chi connectivity index (χ0n) is 14.2. The molecular formula is C17H23ClO7. The van der Waals surface area contributed by atoms with E-state index in [0.717, 1.165) is 0 Å². The predicted octanol–water partition coefficient (Wildman–Crippen LogP) is 3.15. The smallest absolute Gasteiger partial charge is 0.303 e. The molecule has 0 heterocycles. The van der Waals surface area contributed by atoms with Crippen molar-refractivity contribution in [2.24, 2.45) is 0 Å². The minimum Gasteiger partial charge on any atom is -0.488 e. The molecule has 0 atom stereocenters. The highest BCUT2D eigenvalue weighted by atomic mass is 35.5. The van der Waals surface area contributed by atoms with Crippen molar-refractivity contribution in [1.29, 1.82) is 0 Å². The predicted molar refractivity (Wildman–Crippen MR) is 91.2 cm³/mol. The SMILES string of the molecule is CCOC(COc1ccc(Cl)c(C(CC(=O)O)CC(=O)O)c1)OCC. The molecule has 7 nitrogen and oxygen atoms in total. The summed E-state index contributed by atoms with van der Waals surface area (Å²) in [6, 6.07) is 4.74. The van der Waals surface area contributed by atoms with E-state index in [-0.39, 0.29) is 19.4 Å². The van der Waals surface area contributed by atoms with E-state index in [0.29, 0.717) is 29.5 Å². The van der Waals surface area contributed by atoms with Gasteiger partial charge in [-0.25, -0.2) is 0 Å². The summed E-state index contributed by atoms with van der Waals surface area (Å²) in [5.41, 5.74) is 0.424. The summed E-state index contributed by atoms with van der Waals surface area (Å²) in [5, 5.41) is 18.3. The van der Waals surface area contributed by atoms with Gasteiger partial charge in [-0.05, 0) is 37.6 Å². The first-order chi connectivity index (χ1) is 11.9. The van der Waals surface area contributed by atoms with Crippen LogP contribution in [0.25, 0.3) is 0 Å². The van der Waals surface area contributed by atoms with Gasteiger partial charge in [0.25, 0.3) is 0 Å². The molecule has 0 amide bonds. The largest absolute Gasteiger partial charge is 0.488 e. The summed E-state index contributed by atoms with van der Waals surface area (Å²) in [6.45, 7) is 4.77. The molecule has 0 spiro atoms. The zero-order chi connectivity index (χ0) is 18.8. The molecule has 0 aliphatic rings. The Hall–Kier alpha value is -1.83. The topological polar surface area (TPSA) is 102 Å². The van der Waals surface area contributed by atoms with Gasteiger partial charge >= 0.3 is 11.9 Å². The Morgan fingerprint density at radius 2 is 1.64 bits per heavy atom. The van der Waals surface area contributed by atoms with Gasteiger partial charge in [0.15, 0.2) is 6.29 Å². The summed E-state index contributed by atoms with van der Waals surface area (Å²) < 4.78 is 16.4. The number of benzene rings is 1. The van der Waals surface area contributed by atoms with Crippen molar-refractivity contribution in [2.45, 2.75) is 38.9 Å². The molecule has 0 fully saturated rings. The lowest BCUT2D eigenvalue weighted by Crippen LogP contribution is -2.25. The molecule has 2 N–H and O–H groups in total. The number of halogens is 1. The van der Waals surface area contributed by atoms with Crippen LogP contribution in [0.1, 0.15) is 38.2 Å². The Kier molecular flexibility index (Phi) is 9.26. The Balaban J connectivity index is 2.92. The van der Waals surface area contributed by atoms with E-state index in [2.05, 4.69) is 0 Å². The second-order valence-electron chi connectivity index (χ2n) is 5.23. The van der Waals surface area contributed by atoms with Crippen LogP contribution in [0.5, 0.6) is 5.75 Å². The maximum Gasteiger partial charge on any atom is 0.303 e. The summed E-state index contributed by atoms with van der Waals surface area (Å²) in [6.07, 6.45) is -1.20. The molecule has 1 aromatic carbocycles. The zero-order valence-corrected chi connectivity index (χ0v) is 15.0. The molecule has 140 valence electrons. The van der Waals surface area contributed by atoms with Crippen molar-refractivity contribution < 1.29 is 34.0 Å². The summed E-state index contributed by atoms with van der Waals surface area (Å²) in [7, 11) is 0. The lowest BCUT2D eigenvalue weighted by Gasteiger charge is -2.19. The molecule has 1 rings (SSSR count). The third-order valence-corrected chi connectivity index (χ3v) is 3.68. The molecule has 0 saturated heterocycles. The molecule has 0 bridgehead atoms. The molecule has 0 aromatic heterocycles. The second-order valence-corrected chi connectivity index (χ2v) is 5.63. The van der Waals surface area contributed by atoms with E-state index >= 15 is 0 Å². The van der Waals surface area contributed by atoms with E-state index in [9.17, 15) is 9.59 Å². The molecule has 0 unspecified atom stereocenters. The fraction of sp³-hybridized carbons (Fsp3) is 0.529. The van der Waals surface area contributed by atoms with Crippen LogP contribution in [0.3, 0.4) is 0 Å². The van der Waals surface area contributed by atoms with Crippen LogP contribution in [0.4, 0.5) is 0 Å². The van der Waals surface area contributed by atoms with Gasteiger partial charge in [0.05, 0.1) is 12.8 Å². The van der Waals surface area contributed by atoms with E-state index < -0.39 is 24.1 Å². The highest BCUT2D eigenvalue weighted by Crippen LogP contribution is 2.33. The fourth-order valence-electron chi connectivity index (χ4n) is 2.32. The van der Waals surface area contributed by atoms with Gasteiger partial charge in [-0.3, -0.25) is 9.59 Å². The third-order valence-electron chi connectivity index (χ3n) is 3.34. The van der Waals surface area contributed by atoms with Crippen molar-refractivity contribution in [3.8, 4) is 5.75 Å². The first-order valence-corrected chi connectivity index (χ1v) is 8.34. The molecule has 0 saturated carbocycles.